The molecule has 1 spiro atoms. The molecule has 32 heteroatoms. The van der Waals surface area contributed by atoms with Crippen LogP contribution in [0.2, 0.25) is 0 Å². The molecule has 27 atom stereocenters. The van der Waals surface area contributed by atoms with Crippen molar-refractivity contribution < 1.29 is 191 Å². The molecular formula is C54H82Na2O28S2. The number of carbonyl (C=O) groups excluding carboxylic acids is 2. The standard InChI is InChI=1S/C54H84O28S2.2Na/c1-23(2)11-10-16-53(8)44-27(56)19-52(7)26-12-13-31-50(4,5)32(15-17-51(31,6)25(26)14-18-54(44,52)49(64)81-53)77-48-43(35(59)30(21-72-48)82-84(68,69)70)80-45-37(61)36(60)40(24(3)74-45)78-47-39(63)42(34(58)29(76-47)22-73-83(65,66)67)79-46-38(62)41(71-9)33(57)28(20-55)75-46;;/h14,24,26,28-48,55,57-63H,1,10-13,15-22H2,2-9H3,(H,65,66,67)(H,68,69,70);;/q;2*+1/p-2/t24-,26-,28-,29-,30-,31+,32+,33-,34-,35+,36-,37-,38-,39-,40-,41+,42+,43-,44-,45+,46+,47+,48+,51-,52+,53+,54-;;/m1../s1. The van der Waals surface area contributed by atoms with Crippen molar-refractivity contribution in [2.24, 2.45) is 39.4 Å². The summed E-state index contributed by atoms with van der Waals surface area (Å²) in [4.78, 5) is 28.7. The molecular weight excluding hydrogens is 1210 g/mol. The van der Waals surface area contributed by atoms with Crippen molar-refractivity contribution in [3.05, 3.63) is 23.8 Å². The molecule has 0 bridgehead atoms. The summed E-state index contributed by atoms with van der Waals surface area (Å²) in [5.41, 5.74) is -1.58. The number of esters is 1. The van der Waals surface area contributed by atoms with Gasteiger partial charge in [-0.3, -0.25) is 18.0 Å². The Morgan fingerprint density at radius 2 is 1.35 bits per heavy atom. The minimum absolute atomic E-state index is 0. The van der Waals surface area contributed by atoms with Gasteiger partial charge in [0, 0.05) is 13.5 Å². The maximum absolute atomic E-state index is 14.4. The first-order valence-corrected chi connectivity index (χ1v) is 31.2. The molecule has 5 saturated heterocycles. The number of Topliss-reactive ketones (excluding diaryl/α,β-unsaturated/α-hetero) is 1. The number of ketones is 1. The van der Waals surface area contributed by atoms with Crippen LogP contribution in [0, 0.1) is 39.4 Å². The first-order valence-electron chi connectivity index (χ1n) is 28.5. The van der Waals surface area contributed by atoms with Crippen molar-refractivity contribution >= 4 is 32.6 Å². The molecule has 3 saturated carbocycles. The second kappa shape index (κ2) is 27.2. The van der Waals surface area contributed by atoms with Gasteiger partial charge in [0.15, 0.2) is 25.2 Å². The van der Waals surface area contributed by atoms with Crippen LogP contribution in [0.4, 0.5) is 0 Å². The Labute approximate surface area is 544 Å². The Morgan fingerprint density at radius 3 is 1.97 bits per heavy atom. The molecule has 0 radical (unpaired) electrons. The zero-order chi connectivity index (χ0) is 61.8. The van der Waals surface area contributed by atoms with Crippen LogP contribution < -0.4 is 59.1 Å². The molecule has 5 heterocycles. The third-order valence-corrected chi connectivity index (χ3v) is 21.2. The van der Waals surface area contributed by atoms with Crippen LogP contribution in [0.1, 0.15) is 106 Å². The van der Waals surface area contributed by atoms with Crippen LogP contribution in [0.3, 0.4) is 0 Å². The average Bonchev–Trinajstić information content (AvgIpc) is 1.47. The number of allylic oxidation sites excluding steroid dienone is 3. The fourth-order valence-corrected chi connectivity index (χ4v) is 17.0. The second-order valence-corrected chi connectivity index (χ2v) is 27.8. The summed E-state index contributed by atoms with van der Waals surface area (Å²) in [6, 6.07) is 0. The van der Waals surface area contributed by atoms with Crippen LogP contribution in [0.25, 0.3) is 0 Å². The first-order chi connectivity index (χ1) is 39.1. The van der Waals surface area contributed by atoms with E-state index in [2.05, 4.69) is 34.9 Å². The average molecular weight is 1290 g/mol. The fourth-order valence-electron chi connectivity index (χ4n) is 16.2. The number of hydrogen-bond acceptors (Lipinski definition) is 28. The van der Waals surface area contributed by atoms with E-state index in [1.165, 1.54) is 12.5 Å². The molecule has 5 aliphatic heterocycles. The monoisotopic (exact) mass is 1290 g/mol. The van der Waals surface area contributed by atoms with Crippen LogP contribution in [-0.4, -0.2) is 234 Å². The number of hydrogen-bond donors (Lipinski definition) is 8. The molecule has 8 fully saturated rings. The minimum atomic E-state index is -5.47. The molecule has 480 valence electrons. The molecule has 8 N–H and O–H groups in total. The van der Waals surface area contributed by atoms with Crippen molar-refractivity contribution in [3.63, 3.8) is 0 Å². The topological polar surface area (TPSA) is 421 Å². The molecule has 0 amide bonds. The summed E-state index contributed by atoms with van der Waals surface area (Å²) in [5.74, 6) is -1.02. The van der Waals surface area contributed by atoms with Gasteiger partial charge in [0.25, 0.3) is 0 Å². The van der Waals surface area contributed by atoms with Gasteiger partial charge in [0.2, 0.25) is 20.8 Å². The quantitative estimate of drug-likeness (QED) is 0.0149. The SMILES string of the molecule is C=C(C)CCC[C@]1(C)OC(=O)[C@]23CC=C4[C@@H](CC[C@H]5C(C)(C)[C@@H](O[C@@H]6OC[C@@H](OS(=O)(=O)[O-])[C@H](O)[C@H]6O[C@@H]6O[C@H](C)[C@@H](O[C@@H]7O[C@H](COS(=O)(=O)[O-])[C@@H](O)[C@H](O[C@@H]8O[C@H](CO)[C@@H](O)[C@H](OC)[C@H]8O)[C@H]7O)[C@H](O)[C@H]6O)CC[C@]45C)[C@]2(C)CC(=O)[C@@H]31.[Na+].[Na+]. The van der Waals surface area contributed by atoms with E-state index in [1.54, 1.807) is 0 Å². The van der Waals surface area contributed by atoms with Gasteiger partial charge in [-0.15, -0.1) is 6.58 Å². The second-order valence-electron chi connectivity index (χ2n) is 25.8. The van der Waals surface area contributed by atoms with Gasteiger partial charge in [-0.05, 0) is 100 Å². The van der Waals surface area contributed by atoms with E-state index in [0.717, 1.165) is 25.5 Å². The third-order valence-electron chi connectivity index (χ3n) is 20.3. The van der Waals surface area contributed by atoms with Gasteiger partial charge in [0.1, 0.15) is 96.8 Å². The van der Waals surface area contributed by atoms with Gasteiger partial charge >= 0.3 is 65.1 Å². The van der Waals surface area contributed by atoms with E-state index in [9.17, 15) is 76.4 Å². The number of aliphatic hydroxyl groups excluding tert-OH is 8. The van der Waals surface area contributed by atoms with Gasteiger partial charge < -0.3 is 97.3 Å². The molecule has 9 rings (SSSR count). The van der Waals surface area contributed by atoms with Crippen molar-refractivity contribution in [1.82, 2.24) is 0 Å². The third kappa shape index (κ3) is 13.4. The van der Waals surface area contributed by atoms with E-state index in [1.807, 2.05) is 27.7 Å². The van der Waals surface area contributed by atoms with Crippen molar-refractivity contribution in [2.75, 3.05) is 26.9 Å². The van der Waals surface area contributed by atoms with E-state index in [-0.39, 0.29) is 89.1 Å². The molecule has 0 aromatic carbocycles. The molecule has 4 aliphatic carbocycles. The zero-order valence-electron chi connectivity index (χ0n) is 50.1. The molecule has 0 aromatic rings. The Bertz CT molecular complexity index is 2710. The molecule has 28 nitrogen and oxygen atoms in total. The van der Waals surface area contributed by atoms with Gasteiger partial charge in [0.05, 0.1) is 43.4 Å². The van der Waals surface area contributed by atoms with Crippen LogP contribution >= 0.6 is 0 Å². The minimum Gasteiger partial charge on any atom is -0.726 e. The summed E-state index contributed by atoms with van der Waals surface area (Å²) in [7, 11) is -9.78. The maximum atomic E-state index is 14.4. The Kier molecular flexibility index (Phi) is 23.1. The molecule has 0 unspecified atom stereocenters. The van der Waals surface area contributed by atoms with Crippen LogP contribution in [0.15, 0.2) is 23.8 Å². The fraction of sp³-hybridized carbons (Fsp3) is 0.889. The Morgan fingerprint density at radius 1 is 0.744 bits per heavy atom. The largest absolute Gasteiger partial charge is 1.00 e. The maximum Gasteiger partial charge on any atom is 1.00 e. The van der Waals surface area contributed by atoms with Crippen molar-refractivity contribution in [2.45, 2.75) is 235 Å². The van der Waals surface area contributed by atoms with Crippen molar-refractivity contribution in [3.8, 4) is 0 Å². The summed E-state index contributed by atoms with van der Waals surface area (Å²) in [6.45, 7) is 14.8. The number of cyclic esters (lactones) is 1. The smallest absolute Gasteiger partial charge is 0.726 e. The van der Waals surface area contributed by atoms with Gasteiger partial charge in [-0.25, -0.2) is 16.8 Å². The molecule has 9 aliphatic rings. The van der Waals surface area contributed by atoms with Gasteiger partial charge in [-0.2, -0.15) is 0 Å². The van der Waals surface area contributed by atoms with Crippen LogP contribution in [-0.2, 0) is 86.1 Å². The van der Waals surface area contributed by atoms with E-state index in [4.69, 9.17) is 47.4 Å². The summed E-state index contributed by atoms with van der Waals surface area (Å²) >= 11 is 0. The number of fused-ring (bicyclic) bond motifs is 4. The Balaban J connectivity index is 0.00000529. The predicted octanol–water partition coefficient (Wildman–Crippen LogP) is -7.23. The predicted molar refractivity (Wildman–Crippen MR) is 278 cm³/mol. The number of carbonyl (C=O) groups is 2. The van der Waals surface area contributed by atoms with Crippen LogP contribution in [0.5, 0.6) is 0 Å². The molecule has 86 heavy (non-hydrogen) atoms. The Hall–Kier alpha value is -0.320. The number of methoxy groups -OCH3 is 1. The number of aliphatic hydroxyl groups is 8. The normalized spacial score (nSPS) is 47.4. The van der Waals surface area contributed by atoms with E-state index < -0.39 is 197 Å². The summed E-state index contributed by atoms with van der Waals surface area (Å²) < 4.78 is 138. The van der Waals surface area contributed by atoms with E-state index in [0.29, 0.717) is 38.5 Å². The zero-order valence-corrected chi connectivity index (χ0v) is 55.7. The first kappa shape index (κ1) is 73.1. The number of ether oxygens (including phenoxy) is 10. The van der Waals surface area contributed by atoms with Gasteiger partial charge in [-0.1, -0.05) is 44.9 Å². The van der Waals surface area contributed by atoms with Crippen molar-refractivity contribution in [1.29, 1.82) is 0 Å². The summed E-state index contributed by atoms with van der Waals surface area (Å²) in [6.07, 6.45) is -28.5. The summed E-state index contributed by atoms with van der Waals surface area (Å²) in [5, 5.41) is 89.4. The number of rotatable bonds is 19. The molecule has 0 aromatic heterocycles. The van der Waals surface area contributed by atoms with E-state index >= 15 is 0 Å².